The van der Waals surface area contributed by atoms with Crippen molar-refractivity contribution in [3.63, 3.8) is 0 Å². The van der Waals surface area contributed by atoms with Crippen molar-refractivity contribution in [1.82, 2.24) is 5.32 Å². The fraction of sp³-hybridized carbons (Fsp3) is 0.438. The van der Waals surface area contributed by atoms with E-state index in [1.165, 1.54) is 0 Å². The highest BCUT2D eigenvalue weighted by Gasteiger charge is 2.15. The minimum atomic E-state index is 0.420. The van der Waals surface area contributed by atoms with E-state index in [4.69, 9.17) is 4.74 Å². The van der Waals surface area contributed by atoms with Crippen molar-refractivity contribution in [2.45, 2.75) is 32.7 Å². The van der Waals surface area contributed by atoms with Crippen LogP contribution in [0.2, 0.25) is 0 Å². The molecular formula is C16H21N3O. The van der Waals surface area contributed by atoms with E-state index < -0.39 is 0 Å². The summed E-state index contributed by atoms with van der Waals surface area (Å²) in [5, 5.41) is 3.42. The molecule has 20 heavy (non-hydrogen) atoms. The maximum absolute atomic E-state index is 5.35. The summed E-state index contributed by atoms with van der Waals surface area (Å²) in [5.74, 6) is 2.80. The predicted octanol–water partition coefficient (Wildman–Crippen LogP) is 2.76. The number of allylic oxidation sites excluding steroid dienone is 3. The Morgan fingerprint density at radius 1 is 1.50 bits per heavy atom. The molecule has 1 saturated heterocycles. The first-order valence-electron chi connectivity index (χ1n) is 6.86. The zero-order valence-electron chi connectivity index (χ0n) is 12.2. The lowest BCUT2D eigenvalue weighted by Crippen LogP contribution is -2.35. The largest absolute Gasteiger partial charge is 0.381 e. The number of rotatable bonds is 4. The van der Waals surface area contributed by atoms with E-state index in [9.17, 15) is 0 Å². The lowest BCUT2D eigenvalue weighted by atomic mass is 10.1. The number of aliphatic imine (C=N–C) groups is 2. The summed E-state index contributed by atoms with van der Waals surface area (Å²) in [4.78, 5) is 8.73. The molecule has 0 atom stereocenters. The van der Waals surface area contributed by atoms with Gasteiger partial charge in [0.25, 0.3) is 0 Å². The molecule has 1 N–H and O–H groups in total. The van der Waals surface area contributed by atoms with E-state index in [0.717, 1.165) is 54.4 Å². The van der Waals surface area contributed by atoms with Crippen molar-refractivity contribution in [3.05, 3.63) is 41.9 Å². The zero-order valence-corrected chi connectivity index (χ0v) is 12.2. The van der Waals surface area contributed by atoms with E-state index >= 15 is 0 Å². The van der Waals surface area contributed by atoms with Crippen molar-refractivity contribution >= 4 is 11.6 Å². The Morgan fingerprint density at radius 3 is 2.85 bits per heavy atom. The van der Waals surface area contributed by atoms with Gasteiger partial charge >= 0.3 is 0 Å². The molecule has 4 heteroatoms. The molecule has 1 fully saturated rings. The second kappa shape index (κ2) is 6.51. The van der Waals surface area contributed by atoms with Gasteiger partial charge in [0.2, 0.25) is 0 Å². The molecule has 2 heterocycles. The summed E-state index contributed by atoms with van der Waals surface area (Å²) < 4.78 is 5.35. The monoisotopic (exact) mass is 271 g/mol. The third-order valence-corrected chi connectivity index (χ3v) is 3.43. The van der Waals surface area contributed by atoms with Crippen molar-refractivity contribution in [3.8, 4) is 0 Å². The summed E-state index contributed by atoms with van der Waals surface area (Å²) >= 11 is 0. The molecule has 106 valence electrons. The standard InChI is InChI=1S/C16H21N3O/c1-11-5-8-17-14(4)16(11)19-13(3)12(2)18-15-6-9-20-10-7-15/h5,15,18H,1-2,6-7,9-10H2,3-4H3/b19-13+. The molecule has 0 spiro atoms. The van der Waals surface area contributed by atoms with Gasteiger partial charge in [-0.2, -0.15) is 0 Å². The van der Waals surface area contributed by atoms with Crippen molar-refractivity contribution in [1.29, 1.82) is 0 Å². The molecule has 0 amide bonds. The average Bonchev–Trinajstić information content (AvgIpc) is 2.44. The van der Waals surface area contributed by atoms with Crippen LogP contribution < -0.4 is 5.32 Å². The van der Waals surface area contributed by atoms with Crippen LogP contribution in [-0.2, 0) is 4.74 Å². The Morgan fingerprint density at radius 2 is 2.20 bits per heavy atom. The topological polar surface area (TPSA) is 46.0 Å². The Kier molecular flexibility index (Phi) is 4.72. The SMILES string of the molecule is C=C1C=C=NC(C)=C1/N=C(\C)C(=C)NC1CCOCC1. The van der Waals surface area contributed by atoms with Gasteiger partial charge in [0, 0.05) is 36.6 Å². The molecule has 0 aromatic heterocycles. The van der Waals surface area contributed by atoms with Crippen molar-refractivity contribution in [2.75, 3.05) is 13.2 Å². The third-order valence-electron chi connectivity index (χ3n) is 3.43. The van der Waals surface area contributed by atoms with E-state index in [1.54, 1.807) is 6.08 Å². The first-order chi connectivity index (χ1) is 9.58. The van der Waals surface area contributed by atoms with Crippen LogP contribution in [0, 0.1) is 0 Å². The highest BCUT2D eigenvalue weighted by Crippen LogP contribution is 2.20. The molecule has 0 unspecified atom stereocenters. The normalized spacial score (nSPS) is 20.5. The summed E-state index contributed by atoms with van der Waals surface area (Å²) in [6.07, 6.45) is 3.76. The van der Waals surface area contributed by atoms with Gasteiger partial charge in [-0.05, 0) is 32.6 Å². The number of hydrogen-bond acceptors (Lipinski definition) is 4. The fourth-order valence-corrected chi connectivity index (χ4v) is 2.14. The second-order valence-electron chi connectivity index (χ2n) is 5.05. The molecule has 0 radical (unpaired) electrons. The van der Waals surface area contributed by atoms with Gasteiger partial charge in [0.15, 0.2) is 0 Å². The van der Waals surface area contributed by atoms with Crippen LogP contribution in [0.1, 0.15) is 26.7 Å². The maximum atomic E-state index is 5.35. The van der Waals surface area contributed by atoms with Crippen LogP contribution in [0.25, 0.3) is 0 Å². The van der Waals surface area contributed by atoms with Gasteiger partial charge in [0.1, 0.15) is 0 Å². The van der Waals surface area contributed by atoms with E-state index in [-0.39, 0.29) is 0 Å². The predicted molar refractivity (Wildman–Crippen MR) is 83.1 cm³/mol. The van der Waals surface area contributed by atoms with Gasteiger partial charge in [0.05, 0.1) is 17.1 Å². The van der Waals surface area contributed by atoms with Gasteiger partial charge in [-0.25, -0.2) is 9.98 Å². The van der Waals surface area contributed by atoms with Crippen LogP contribution in [0.15, 0.2) is 51.9 Å². The van der Waals surface area contributed by atoms with Crippen molar-refractivity contribution in [2.24, 2.45) is 9.98 Å². The Labute approximate surface area is 120 Å². The molecule has 0 aromatic carbocycles. The molecule has 0 aliphatic carbocycles. The summed E-state index contributed by atoms with van der Waals surface area (Å²) in [5.41, 5.74) is 4.17. The molecule has 4 nitrogen and oxygen atoms in total. The number of nitrogens with zero attached hydrogens (tertiary/aromatic N) is 2. The Hall–Kier alpha value is -1.90. The highest BCUT2D eigenvalue weighted by molar-refractivity contribution is 5.98. The minimum Gasteiger partial charge on any atom is -0.381 e. The highest BCUT2D eigenvalue weighted by atomic mass is 16.5. The summed E-state index contributed by atoms with van der Waals surface area (Å²) in [7, 11) is 0. The quantitative estimate of drug-likeness (QED) is 0.799. The molecule has 2 aliphatic rings. The smallest absolute Gasteiger partial charge is 0.0926 e. The van der Waals surface area contributed by atoms with Gasteiger partial charge < -0.3 is 10.1 Å². The molecule has 2 rings (SSSR count). The molecule has 0 bridgehead atoms. The second-order valence-corrected chi connectivity index (χ2v) is 5.05. The number of hydrogen-bond donors (Lipinski definition) is 1. The van der Waals surface area contributed by atoms with E-state index in [0.29, 0.717) is 6.04 Å². The van der Waals surface area contributed by atoms with Crippen molar-refractivity contribution < 1.29 is 4.74 Å². The van der Waals surface area contributed by atoms with Gasteiger partial charge in [-0.15, -0.1) is 0 Å². The number of nitrogens with one attached hydrogen (secondary N) is 1. The van der Waals surface area contributed by atoms with Crippen LogP contribution >= 0.6 is 0 Å². The summed E-state index contributed by atoms with van der Waals surface area (Å²) in [6.45, 7) is 13.5. The van der Waals surface area contributed by atoms with Crippen LogP contribution in [0.3, 0.4) is 0 Å². The fourth-order valence-electron chi connectivity index (χ4n) is 2.14. The van der Waals surface area contributed by atoms with E-state index in [2.05, 4.69) is 34.3 Å². The third kappa shape index (κ3) is 3.56. The first kappa shape index (κ1) is 14.5. The summed E-state index contributed by atoms with van der Waals surface area (Å²) in [6, 6.07) is 0.420. The van der Waals surface area contributed by atoms with E-state index in [1.807, 2.05) is 13.8 Å². The molecule has 0 aromatic rings. The average molecular weight is 271 g/mol. The van der Waals surface area contributed by atoms with Gasteiger partial charge in [-0.3, -0.25) is 0 Å². The zero-order chi connectivity index (χ0) is 14.5. The minimum absolute atomic E-state index is 0.420. The van der Waals surface area contributed by atoms with Crippen LogP contribution in [-0.4, -0.2) is 30.8 Å². The van der Waals surface area contributed by atoms with Crippen LogP contribution in [0.5, 0.6) is 0 Å². The molecule has 2 aliphatic heterocycles. The Balaban J connectivity index is 2.04. The number of ether oxygens (including phenoxy) is 1. The van der Waals surface area contributed by atoms with Gasteiger partial charge in [-0.1, -0.05) is 13.2 Å². The lowest BCUT2D eigenvalue weighted by molar-refractivity contribution is 0.0808. The van der Waals surface area contributed by atoms with Crippen LogP contribution in [0.4, 0.5) is 0 Å². The lowest BCUT2D eigenvalue weighted by Gasteiger charge is -2.25. The molecule has 0 saturated carbocycles. The first-order valence-corrected chi connectivity index (χ1v) is 6.86. The Bertz CT molecular complexity index is 542. The molecular weight excluding hydrogens is 250 g/mol. The maximum Gasteiger partial charge on any atom is 0.0926 e.